The van der Waals surface area contributed by atoms with Crippen LogP contribution in [0.2, 0.25) is 0 Å². The Morgan fingerprint density at radius 3 is 2.45 bits per heavy atom. The third-order valence-electron chi connectivity index (χ3n) is 3.20. The van der Waals surface area contributed by atoms with Crippen LogP contribution in [-0.4, -0.2) is 16.5 Å². The molecule has 0 unspecified atom stereocenters. The van der Waals surface area contributed by atoms with Crippen molar-refractivity contribution in [3.8, 4) is 22.9 Å². The highest BCUT2D eigenvalue weighted by Gasteiger charge is 2.14. The van der Waals surface area contributed by atoms with Crippen molar-refractivity contribution in [1.29, 1.82) is 0 Å². The molecule has 0 saturated carbocycles. The van der Waals surface area contributed by atoms with E-state index in [1.807, 2.05) is 25.3 Å². The first kappa shape index (κ1) is 15.1. The van der Waals surface area contributed by atoms with Crippen LogP contribution in [0.25, 0.3) is 22.9 Å². The Morgan fingerprint density at radius 2 is 1.73 bits per heavy atom. The molecule has 22 heavy (non-hydrogen) atoms. The molecule has 0 aliphatic rings. The van der Waals surface area contributed by atoms with Gasteiger partial charge in [0.15, 0.2) is 0 Å². The summed E-state index contributed by atoms with van der Waals surface area (Å²) >= 11 is 0. The van der Waals surface area contributed by atoms with Crippen LogP contribution in [0, 0.1) is 12.7 Å². The fourth-order valence-corrected chi connectivity index (χ4v) is 3.70. The third-order valence-corrected chi connectivity index (χ3v) is 5.03. The van der Waals surface area contributed by atoms with E-state index in [0.717, 1.165) is 11.1 Å². The minimum atomic E-state index is -0.291. The summed E-state index contributed by atoms with van der Waals surface area (Å²) < 4.78 is 18.7. The molecule has 0 aliphatic carbocycles. The van der Waals surface area contributed by atoms with Crippen LogP contribution >= 0.6 is 21.6 Å². The van der Waals surface area contributed by atoms with Crippen molar-refractivity contribution >= 4 is 21.6 Å². The van der Waals surface area contributed by atoms with E-state index in [4.69, 9.17) is 4.42 Å². The van der Waals surface area contributed by atoms with Gasteiger partial charge >= 0.3 is 0 Å². The molecule has 112 valence electrons. The van der Waals surface area contributed by atoms with Gasteiger partial charge in [0.25, 0.3) is 0 Å². The number of benzene rings is 2. The van der Waals surface area contributed by atoms with Gasteiger partial charge in [0.1, 0.15) is 5.82 Å². The van der Waals surface area contributed by atoms with Crippen molar-refractivity contribution in [2.75, 3.05) is 6.26 Å². The lowest BCUT2D eigenvalue weighted by Gasteiger charge is -2.06. The van der Waals surface area contributed by atoms with E-state index in [9.17, 15) is 4.39 Å². The average Bonchev–Trinajstić information content (AvgIpc) is 3.00. The fraction of sp³-hybridized carbons (Fsp3) is 0.125. The molecule has 3 rings (SSSR count). The molecule has 2 aromatic carbocycles. The van der Waals surface area contributed by atoms with E-state index in [1.54, 1.807) is 33.7 Å². The molecule has 6 heteroatoms. The Balaban J connectivity index is 1.97. The molecule has 0 saturated heterocycles. The zero-order valence-corrected chi connectivity index (χ0v) is 13.7. The summed E-state index contributed by atoms with van der Waals surface area (Å²) in [4.78, 5) is 1.17. The van der Waals surface area contributed by atoms with Crippen LogP contribution in [0.15, 0.2) is 51.8 Å². The van der Waals surface area contributed by atoms with Crippen LogP contribution in [0.3, 0.4) is 0 Å². The van der Waals surface area contributed by atoms with Gasteiger partial charge < -0.3 is 4.42 Å². The maximum Gasteiger partial charge on any atom is 0.248 e. The summed E-state index contributed by atoms with van der Waals surface area (Å²) in [5.41, 5.74) is 2.73. The zero-order valence-electron chi connectivity index (χ0n) is 12.0. The first-order valence-corrected chi connectivity index (χ1v) is 9.15. The highest BCUT2D eigenvalue weighted by Crippen LogP contribution is 2.36. The predicted octanol–water partition coefficient (Wildman–Crippen LogP) is 5.22. The van der Waals surface area contributed by atoms with Crippen molar-refractivity contribution in [2.45, 2.75) is 11.8 Å². The highest BCUT2D eigenvalue weighted by atomic mass is 33.1. The average molecular weight is 332 g/mol. The first-order valence-electron chi connectivity index (χ1n) is 6.59. The third kappa shape index (κ3) is 3.03. The summed E-state index contributed by atoms with van der Waals surface area (Å²) in [6.45, 7) is 2.04. The molecule has 0 aliphatic heterocycles. The molecule has 3 aromatic rings. The van der Waals surface area contributed by atoms with E-state index in [1.165, 1.54) is 17.0 Å². The summed E-state index contributed by atoms with van der Waals surface area (Å²) in [5.74, 6) is 0.568. The van der Waals surface area contributed by atoms with Crippen LogP contribution in [0.1, 0.15) is 5.56 Å². The number of halogens is 1. The molecule has 0 amide bonds. The molecule has 0 fully saturated rings. The minimum absolute atomic E-state index is 0.291. The van der Waals surface area contributed by atoms with Gasteiger partial charge in [-0.3, -0.25) is 0 Å². The molecule has 1 heterocycles. The summed E-state index contributed by atoms with van der Waals surface area (Å²) in [6.07, 6.45) is 2.04. The topological polar surface area (TPSA) is 38.9 Å². The zero-order chi connectivity index (χ0) is 15.5. The normalized spacial score (nSPS) is 10.9. The number of rotatable bonds is 4. The molecule has 0 atom stereocenters. The van der Waals surface area contributed by atoms with Gasteiger partial charge in [-0.05, 0) is 55.1 Å². The SMILES string of the molecule is CSSc1cccc(-c2nnc(-c3ccc(F)cc3)o2)c1C. The van der Waals surface area contributed by atoms with Crippen LogP contribution in [-0.2, 0) is 0 Å². The van der Waals surface area contributed by atoms with Crippen molar-refractivity contribution < 1.29 is 8.81 Å². The molecule has 0 spiro atoms. The van der Waals surface area contributed by atoms with Crippen molar-refractivity contribution in [1.82, 2.24) is 10.2 Å². The van der Waals surface area contributed by atoms with Crippen LogP contribution in [0.5, 0.6) is 0 Å². The van der Waals surface area contributed by atoms with Crippen molar-refractivity contribution in [3.05, 3.63) is 53.8 Å². The van der Waals surface area contributed by atoms with Crippen LogP contribution < -0.4 is 0 Å². The second-order valence-corrected chi connectivity index (χ2v) is 7.04. The summed E-state index contributed by atoms with van der Waals surface area (Å²) in [6, 6.07) is 12.0. The minimum Gasteiger partial charge on any atom is -0.416 e. The van der Waals surface area contributed by atoms with Gasteiger partial charge in [-0.2, -0.15) is 0 Å². The second-order valence-electron chi connectivity index (χ2n) is 4.60. The first-order chi connectivity index (χ1) is 10.7. The van der Waals surface area contributed by atoms with Crippen molar-refractivity contribution in [3.63, 3.8) is 0 Å². The van der Waals surface area contributed by atoms with Crippen molar-refractivity contribution in [2.24, 2.45) is 0 Å². The number of aromatic nitrogens is 2. The number of hydrogen-bond donors (Lipinski definition) is 0. The predicted molar refractivity (Wildman–Crippen MR) is 89.2 cm³/mol. The lowest BCUT2D eigenvalue weighted by Crippen LogP contribution is -1.85. The van der Waals surface area contributed by atoms with Gasteiger partial charge in [-0.15, -0.1) is 10.2 Å². The lowest BCUT2D eigenvalue weighted by molar-refractivity contribution is 0.583. The molecule has 3 nitrogen and oxygen atoms in total. The van der Waals surface area contributed by atoms with E-state index in [0.29, 0.717) is 17.3 Å². The van der Waals surface area contributed by atoms with E-state index in [-0.39, 0.29) is 5.82 Å². The van der Waals surface area contributed by atoms with Gasteiger partial charge in [0.2, 0.25) is 11.8 Å². The molecule has 0 N–H and O–H groups in total. The number of hydrogen-bond acceptors (Lipinski definition) is 5. The maximum atomic E-state index is 13.0. The van der Waals surface area contributed by atoms with Gasteiger partial charge in [0.05, 0.1) is 0 Å². The van der Waals surface area contributed by atoms with Crippen LogP contribution in [0.4, 0.5) is 4.39 Å². The monoisotopic (exact) mass is 332 g/mol. The lowest BCUT2D eigenvalue weighted by atomic mass is 10.1. The Kier molecular flexibility index (Phi) is 4.49. The maximum absolute atomic E-state index is 13.0. The second kappa shape index (κ2) is 6.54. The van der Waals surface area contributed by atoms with E-state index >= 15 is 0 Å². The molecular formula is C16H13FN2OS2. The summed E-state index contributed by atoms with van der Waals surface area (Å²) in [7, 11) is 3.39. The Hall–Kier alpha value is -1.79. The largest absolute Gasteiger partial charge is 0.416 e. The van der Waals surface area contributed by atoms with Gasteiger partial charge in [-0.25, -0.2) is 4.39 Å². The molecular weight excluding hydrogens is 319 g/mol. The van der Waals surface area contributed by atoms with E-state index in [2.05, 4.69) is 16.3 Å². The number of nitrogens with zero attached hydrogens (tertiary/aromatic N) is 2. The highest BCUT2D eigenvalue weighted by molar-refractivity contribution is 8.76. The standard InChI is InChI=1S/C16H13FN2OS2/c1-10-13(4-3-5-14(10)22-21-2)16-19-18-15(20-16)11-6-8-12(17)9-7-11/h3-9H,1-2H3. The summed E-state index contributed by atoms with van der Waals surface area (Å²) in [5, 5.41) is 8.18. The van der Waals surface area contributed by atoms with Gasteiger partial charge in [-0.1, -0.05) is 27.7 Å². The molecule has 0 radical (unpaired) electrons. The Bertz CT molecular complexity index is 787. The smallest absolute Gasteiger partial charge is 0.248 e. The van der Waals surface area contributed by atoms with Gasteiger partial charge in [0, 0.05) is 16.0 Å². The fourth-order valence-electron chi connectivity index (χ4n) is 2.07. The quantitative estimate of drug-likeness (QED) is 0.612. The Morgan fingerprint density at radius 1 is 1.00 bits per heavy atom. The molecule has 1 aromatic heterocycles. The van der Waals surface area contributed by atoms with E-state index < -0.39 is 0 Å². The Labute approximate surface area is 135 Å². The molecule has 0 bridgehead atoms.